The van der Waals surface area contributed by atoms with Gasteiger partial charge in [0, 0.05) is 17.8 Å². The molecule has 2 rings (SSSR count). The Morgan fingerprint density at radius 3 is 2.62 bits per heavy atom. The van der Waals surface area contributed by atoms with Gasteiger partial charge in [0.1, 0.15) is 5.82 Å². The van der Waals surface area contributed by atoms with Gasteiger partial charge in [-0.3, -0.25) is 4.79 Å². The van der Waals surface area contributed by atoms with Crippen molar-refractivity contribution in [3.8, 4) is 0 Å². The minimum atomic E-state index is -0.413. The van der Waals surface area contributed by atoms with Gasteiger partial charge in [-0.05, 0) is 49.7 Å². The lowest BCUT2D eigenvalue weighted by atomic mass is 10.1. The number of nitrogens with two attached hydrogens (primary N) is 1. The zero-order chi connectivity index (χ0) is 15.2. The minimum Gasteiger partial charge on any atom is -0.330 e. The van der Waals surface area contributed by atoms with E-state index in [4.69, 9.17) is 5.73 Å². The molecule has 2 aromatic carbocycles. The van der Waals surface area contributed by atoms with Crippen molar-refractivity contribution in [3.05, 3.63) is 65.5 Å². The van der Waals surface area contributed by atoms with Crippen molar-refractivity contribution in [2.24, 2.45) is 5.73 Å². The molecule has 21 heavy (non-hydrogen) atoms. The number of aryl methyl sites for hydroxylation is 1. The number of amides is 1. The summed E-state index contributed by atoms with van der Waals surface area (Å²) in [6, 6.07) is 13.4. The summed E-state index contributed by atoms with van der Waals surface area (Å²) >= 11 is 0. The van der Waals surface area contributed by atoms with Gasteiger partial charge in [-0.2, -0.15) is 0 Å². The molecule has 0 spiro atoms. The van der Waals surface area contributed by atoms with E-state index < -0.39 is 5.82 Å². The molecule has 0 unspecified atom stereocenters. The first-order chi connectivity index (χ1) is 10.1. The van der Waals surface area contributed by atoms with E-state index in [2.05, 4.69) is 0 Å². The second-order valence-corrected chi connectivity index (χ2v) is 4.90. The molecule has 0 fully saturated rings. The third kappa shape index (κ3) is 3.67. The quantitative estimate of drug-likeness (QED) is 0.918. The Bertz CT molecular complexity index is 628. The minimum absolute atomic E-state index is 0.211. The molecule has 0 saturated heterocycles. The van der Waals surface area contributed by atoms with Crippen LogP contribution in [-0.2, 0) is 0 Å². The molecule has 0 saturated carbocycles. The summed E-state index contributed by atoms with van der Waals surface area (Å²) in [5.41, 5.74) is 7.73. The fourth-order valence-corrected chi connectivity index (χ4v) is 2.22. The second kappa shape index (κ2) is 6.99. The standard InChI is InChI=1S/C17H19FN2O/c1-13-6-2-3-9-16(13)20(11-5-10-19)17(21)14-7-4-8-15(18)12-14/h2-4,6-9,12H,5,10-11,19H2,1H3. The van der Waals surface area contributed by atoms with Gasteiger partial charge in [0.05, 0.1) is 0 Å². The van der Waals surface area contributed by atoms with Crippen molar-refractivity contribution >= 4 is 11.6 Å². The van der Waals surface area contributed by atoms with Crippen LogP contribution in [0.25, 0.3) is 0 Å². The predicted molar refractivity (Wildman–Crippen MR) is 82.9 cm³/mol. The summed E-state index contributed by atoms with van der Waals surface area (Å²) < 4.78 is 13.3. The molecule has 2 N–H and O–H groups in total. The summed E-state index contributed by atoms with van der Waals surface area (Å²) in [6.45, 7) is 2.96. The van der Waals surface area contributed by atoms with E-state index in [0.717, 1.165) is 11.3 Å². The smallest absolute Gasteiger partial charge is 0.258 e. The summed E-state index contributed by atoms with van der Waals surface area (Å²) in [7, 11) is 0. The first-order valence-corrected chi connectivity index (χ1v) is 6.96. The number of hydrogen-bond donors (Lipinski definition) is 1. The molecule has 0 aromatic heterocycles. The number of halogens is 1. The Morgan fingerprint density at radius 1 is 1.19 bits per heavy atom. The molecule has 0 radical (unpaired) electrons. The number of carbonyl (C=O) groups excluding carboxylic acids is 1. The van der Waals surface area contributed by atoms with Gasteiger partial charge in [0.15, 0.2) is 0 Å². The molecule has 2 aromatic rings. The van der Waals surface area contributed by atoms with Crippen LogP contribution in [0.3, 0.4) is 0 Å². The van der Waals surface area contributed by atoms with E-state index in [9.17, 15) is 9.18 Å². The van der Waals surface area contributed by atoms with Crippen molar-refractivity contribution in [1.29, 1.82) is 0 Å². The molecular formula is C17H19FN2O. The number of para-hydroxylation sites is 1. The number of anilines is 1. The van der Waals surface area contributed by atoms with E-state index >= 15 is 0 Å². The van der Waals surface area contributed by atoms with E-state index in [1.165, 1.54) is 12.1 Å². The second-order valence-electron chi connectivity index (χ2n) is 4.90. The fraction of sp³-hybridized carbons (Fsp3) is 0.235. The summed E-state index contributed by atoms with van der Waals surface area (Å²) in [5, 5.41) is 0. The van der Waals surface area contributed by atoms with Gasteiger partial charge in [0.25, 0.3) is 5.91 Å². The highest BCUT2D eigenvalue weighted by molar-refractivity contribution is 6.06. The lowest BCUT2D eigenvalue weighted by Crippen LogP contribution is -2.33. The molecule has 1 amide bonds. The Kier molecular flexibility index (Phi) is 5.06. The van der Waals surface area contributed by atoms with Crippen LogP contribution in [0.5, 0.6) is 0 Å². The van der Waals surface area contributed by atoms with Crippen molar-refractivity contribution < 1.29 is 9.18 Å². The van der Waals surface area contributed by atoms with Crippen LogP contribution in [-0.4, -0.2) is 19.0 Å². The normalized spacial score (nSPS) is 10.4. The predicted octanol–water partition coefficient (Wildman–Crippen LogP) is 3.13. The molecule has 0 aliphatic carbocycles. The first-order valence-electron chi connectivity index (χ1n) is 6.96. The van der Waals surface area contributed by atoms with Crippen LogP contribution in [0, 0.1) is 12.7 Å². The molecule has 0 aliphatic heterocycles. The molecule has 0 bridgehead atoms. The monoisotopic (exact) mass is 286 g/mol. The summed E-state index contributed by atoms with van der Waals surface area (Å²) in [5.74, 6) is -0.623. The van der Waals surface area contributed by atoms with E-state index in [-0.39, 0.29) is 5.91 Å². The van der Waals surface area contributed by atoms with Crippen molar-refractivity contribution in [3.63, 3.8) is 0 Å². The number of carbonyl (C=O) groups is 1. The molecule has 3 nitrogen and oxygen atoms in total. The van der Waals surface area contributed by atoms with Crippen LogP contribution in [0.2, 0.25) is 0 Å². The SMILES string of the molecule is Cc1ccccc1N(CCCN)C(=O)c1cccc(F)c1. The Morgan fingerprint density at radius 2 is 1.95 bits per heavy atom. The van der Waals surface area contributed by atoms with Gasteiger partial charge < -0.3 is 10.6 Å². The van der Waals surface area contributed by atoms with Crippen LogP contribution in [0.15, 0.2) is 48.5 Å². The highest BCUT2D eigenvalue weighted by atomic mass is 19.1. The van der Waals surface area contributed by atoms with Gasteiger partial charge in [-0.15, -0.1) is 0 Å². The van der Waals surface area contributed by atoms with Gasteiger partial charge in [-0.25, -0.2) is 4.39 Å². The molecule has 0 heterocycles. The molecular weight excluding hydrogens is 267 g/mol. The molecule has 110 valence electrons. The zero-order valence-electron chi connectivity index (χ0n) is 12.1. The third-order valence-electron chi connectivity index (χ3n) is 3.31. The lowest BCUT2D eigenvalue weighted by Gasteiger charge is -2.24. The van der Waals surface area contributed by atoms with E-state index in [0.29, 0.717) is 25.1 Å². The number of nitrogens with zero attached hydrogens (tertiary/aromatic N) is 1. The number of benzene rings is 2. The van der Waals surface area contributed by atoms with Crippen LogP contribution in [0.4, 0.5) is 10.1 Å². The van der Waals surface area contributed by atoms with Crippen molar-refractivity contribution in [2.75, 3.05) is 18.0 Å². The average molecular weight is 286 g/mol. The van der Waals surface area contributed by atoms with Crippen molar-refractivity contribution in [2.45, 2.75) is 13.3 Å². The highest BCUT2D eigenvalue weighted by Gasteiger charge is 2.18. The first kappa shape index (κ1) is 15.2. The number of hydrogen-bond acceptors (Lipinski definition) is 2. The van der Waals surface area contributed by atoms with Crippen LogP contribution < -0.4 is 10.6 Å². The molecule has 4 heteroatoms. The van der Waals surface area contributed by atoms with Crippen LogP contribution in [0.1, 0.15) is 22.3 Å². The lowest BCUT2D eigenvalue weighted by molar-refractivity contribution is 0.0986. The van der Waals surface area contributed by atoms with E-state index in [1.54, 1.807) is 17.0 Å². The maximum absolute atomic E-state index is 13.3. The van der Waals surface area contributed by atoms with Gasteiger partial charge in [-0.1, -0.05) is 24.3 Å². The zero-order valence-corrected chi connectivity index (χ0v) is 12.1. The highest BCUT2D eigenvalue weighted by Crippen LogP contribution is 2.22. The summed E-state index contributed by atoms with van der Waals surface area (Å²) in [6.07, 6.45) is 0.690. The van der Waals surface area contributed by atoms with Crippen LogP contribution >= 0.6 is 0 Å². The topological polar surface area (TPSA) is 46.3 Å². The fourth-order valence-electron chi connectivity index (χ4n) is 2.22. The Balaban J connectivity index is 2.36. The third-order valence-corrected chi connectivity index (χ3v) is 3.31. The largest absolute Gasteiger partial charge is 0.330 e. The number of rotatable bonds is 5. The maximum Gasteiger partial charge on any atom is 0.258 e. The summed E-state index contributed by atoms with van der Waals surface area (Å²) in [4.78, 5) is 14.3. The molecule has 0 aliphatic rings. The average Bonchev–Trinajstić information content (AvgIpc) is 2.49. The van der Waals surface area contributed by atoms with Gasteiger partial charge in [0.2, 0.25) is 0 Å². The maximum atomic E-state index is 13.3. The Labute approximate surface area is 124 Å². The van der Waals surface area contributed by atoms with E-state index in [1.807, 2.05) is 31.2 Å². The van der Waals surface area contributed by atoms with Gasteiger partial charge >= 0.3 is 0 Å². The van der Waals surface area contributed by atoms with Crippen molar-refractivity contribution in [1.82, 2.24) is 0 Å². The Hall–Kier alpha value is -2.20. The molecule has 0 atom stereocenters.